The molecule has 0 spiro atoms. The normalized spacial score (nSPS) is 44.8. The Balaban J connectivity index is 1.98. The Morgan fingerprint density at radius 1 is 1.19 bits per heavy atom. The van der Waals surface area contributed by atoms with Crippen molar-refractivity contribution in [1.82, 2.24) is 0 Å². The molecule has 7 nitrogen and oxygen atoms in total. The van der Waals surface area contributed by atoms with E-state index in [0.29, 0.717) is 16.7 Å². The zero-order valence-corrected chi connectivity index (χ0v) is 18.8. The number of fused-ring (bicyclic) bond motifs is 5. The van der Waals surface area contributed by atoms with Gasteiger partial charge in [0.25, 0.3) is 0 Å². The molecule has 0 bridgehead atoms. The molecular formula is C24H30O7. The van der Waals surface area contributed by atoms with Crippen LogP contribution in [0.1, 0.15) is 48.0 Å². The van der Waals surface area contributed by atoms with Crippen molar-refractivity contribution in [3.05, 3.63) is 35.5 Å². The Morgan fingerprint density at radius 2 is 1.81 bits per heavy atom. The molecule has 0 amide bonds. The molecule has 7 heteroatoms. The Bertz CT molecular complexity index is 988. The van der Waals surface area contributed by atoms with E-state index in [1.165, 1.54) is 13.8 Å². The molecular weight excluding hydrogens is 400 g/mol. The summed E-state index contributed by atoms with van der Waals surface area (Å²) >= 11 is 0. The second-order valence-electron chi connectivity index (χ2n) is 10.2. The maximum Gasteiger partial charge on any atom is 0.303 e. The molecule has 2 fully saturated rings. The minimum absolute atomic E-state index is 0.0190. The van der Waals surface area contributed by atoms with Crippen molar-refractivity contribution >= 4 is 17.7 Å². The molecule has 0 aromatic heterocycles. The number of Topliss-reactive ketones (excluding diaryl/α,β-unsaturated/α-hetero) is 1. The number of aliphatic hydroxyl groups is 2. The van der Waals surface area contributed by atoms with Crippen LogP contribution >= 0.6 is 0 Å². The molecule has 0 saturated heterocycles. The molecule has 7 unspecified atom stereocenters. The summed E-state index contributed by atoms with van der Waals surface area (Å²) in [5.41, 5.74) is -3.93. The van der Waals surface area contributed by atoms with Gasteiger partial charge >= 0.3 is 11.9 Å². The van der Waals surface area contributed by atoms with Gasteiger partial charge in [-0.2, -0.15) is 0 Å². The van der Waals surface area contributed by atoms with Crippen LogP contribution in [0.25, 0.3) is 0 Å². The molecule has 7 atom stereocenters. The van der Waals surface area contributed by atoms with Crippen LogP contribution in [0, 0.1) is 23.2 Å². The monoisotopic (exact) mass is 430 g/mol. The molecule has 4 aliphatic rings. The predicted octanol–water partition coefficient (Wildman–Crippen LogP) is 2.02. The third kappa shape index (κ3) is 2.44. The maximum absolute atomic E-state index is 12.9. The van der Waals surface area contributed by atoms with E-state index in [1.54, 1.807) is 26.0 Å². The van der Waals surface area contributed by atoms with Crippen LogP contribution in [0.15, 0.2) is 35.5 Å². The number of allylic oxidation sites excluding steroid dienone is 1. The van der Waals surface area contributed by atoms with Crippen molar-refractivity contribution in [2.45, 2.75) is 70.9 Å². The van der Waals surface area contributed by atoms with Gasteiger partial charge in [0.05, 0.1) is 0 Å². The molecule has 0 aliphatic heterocycles. The zero-order chi connectivity index (χ0) is 23.3. The summed E-state index contributed by atoms with van der Waals surface area (Å²) in [5, 5.41) is 23.8. The average Bonchev–Trinajstić information content (AvgIpc) is 3.05. The maximum atomic E-state index is 12.9. The molecule has 4 rings (SSSR count). The second-order valence-corrected chi connectivity index (χ2v) is 10.2. The van der Waals surface area contributed by atoms with Crippen molar-refractivity contribution < 1.29 is 34.1 Å². The first-order chi connectivity index (χ1) is 14.2. The van der Waals surface area contributed by atoms with Crippen molar-refractivity contribution in [1.29, 1.82) is 0 Å². The van der Waals surface area contributed by atoms with Crippen LogP contribution < -0.4 is 0 Å². The highest BCUT2D eigenvalue weighted by atomic mass is 16.6. The molecule has 0 aromatic rings. The first-order valence-electron chi connectivity index (χ1n) is 10.6. The third-order valence-corrected chi connectivity index (χ3v) is 8.04. The number of esters is 2. The van der Waals surface area contributed by atoms with Gasteiger partial charge in [0.2, 0.25) is 0 Å². The highest BCUT2D eigenvalue weighted by Gasteiger charge is 2.86. The lowest BCUT2D eigenvalue weighted by Gasteiger charge is -2.51. The number of ketones is 1. The number of hydrogen-bond acceptors (Lipinski definition) is 7. The van der Waals surface area contributed by atoms with Gasteiger partial charge < -0.3 is 19.7 Å². The molecule has 31 heavy (non-hydrogen) atoms. The quantitative estimate of drug-likeness (QED) is 0.645. The Morgan fingerprint density at radius 3 is 2.35 bits per heavy atom. The molecule has 2 saturated carbocycles. The van der Waals surface area contributed by atoms with Crippen molar-refractivity contribution in [3.8, 4) is 0 Å². The number of rotatable bonds is 2. The fraction of sp³-hybridized carbons (Fsp3) is 0.625. The van der Waals surface area contributed by atoms with Gasteiger partial charge in [0.1, 0.15) is 17.3 Å². The van der Waals surface area contributed by atoms with Gasteiger partial charge in [-0.05, 0) is 18.1 Å². The third-order valence-electron chi connectivity index (χ3n) is 8.04. The summed E-state index contributed by atoms with van der Waals surface area (Å²) < 4.78 is 11.6. The van der Waals surface area contributed by atoms with E-state index in [0.717, 1.165) is 0 Å². The summed E-state index contributed by atoms with van der Waals surface area (Å²) in [4.78, 5) is 37.1. The summed E-state index contributed by atoms with van der Waals surface area (Å²) in [7, 11) is 0. The van der Waals surface area contributed by atoms with Crippen molar-refractivity contribution in [3.63, 3.8) is 0 Å². The van der Waals surface area contributed by atoms with E-state index in [9.17, 15) is 24.6 Å². The molecule has 168 valence electrons. The van der Waals surface area contributed by atoms with Crippen molar-refractivity contribution in [2.24, 2.45) is 23.2 Å². The topological polar surface area (TPSA) is 110 Å². The number of carbonyl (C=O) groups is 3. The van der Waals surface area contributed by atoms with Crippen molar-refractivity contribution in [2.75, 3.05) is 0 Å². The van der Waals surface area contributed by atoms with Crippen LogP contribution in [-0.4, -0.2) is 50.8 Å². The SMILES string of the molecule is C=C1C=C2C3C(C)(C)C3(OC(C)=O)C(OC(C)=O)C(C)C2(O)C2C=C(C)C(=O)C2(O)C1. The van der Waals surface area contributed by atoms with Gasteiger partial charge in [0.15, 0.2) is 11.4 Å². The van der Waals surface area contributed by atoms with Gasteiger partial charge in [0, 0.05) is 43.4 Å². The Kier molecular flexibility index (Phi) is 4.37. The largest absolute Gasteiger partial charge is 0.458 e. The van der Waals surface area contributed by atoms with Gasteiger partial charge in [-0.1, -0.05) is 45.1 Å². The first-order valence-corrected chi connectivity index (χ1v) is 10.6. The lowest BCUT2D eigenvalue weighted by molar-refractivity contribution is -0.203. The highest BCUT2D eigenvalue weighted by Crippen LogP contribution is 2.76. The van der Waals surface area contributed by atoms with Gasteiger partial charge in [-0.15, -0.1) is 0 Å². The summed E-state index contributed by atoms with van der Waals surface area (Å²) in [6, 6.07) is 0. The van der Waals surface area contributed by atoms with E-state index >= 15 is 0 Å². The summed E-state index contributed by atoms with van der Waals surface area (Å²) in [6.07, 6.45) is 2.36. The van der Waals surface area contributed by atoms with E-state index in [2.05, 4.69) is 6.58 Å². The second kappa shape index (κ2) is 6.17. The Labute approximate surface area is 181 Å². The highest BCUT2D eigenvalue weighted by molar-refractivity contribution is 6.05. The lowest BCUT2D eigenvalue weighted by atomic mass is 9.61. The minimum Gasteiger partial charge on any atom is -0.458 e. The van der Waals surface area contributed by atoms with Crippen LogP contribution in [0.5, 0.6) is 0 Å². The standard InChI is InChI=1S/C24H30O7/c1-11-8-16-18-21(6,7)24(18,31-15(5)26)20(30-14(4)25)13(3)23(16,29)17-9-12(2)19(27)22(17,28)10-11/h8-9,13,17-18,20,28-29H,1,10H2,2-7H3. The zero-order valence-electron chi connectivity index (χ0n) is 18.8. The van der Waals surface area contributed by atoms with Gasteiger partial charge in [-0.25, -0.2) is 0 Å². The average molecular weight is 430 g/mol. The number of ether oxygens (including phenoxy) is 2. The van der Waals surface area contributed by atoms with E-state index in [4.69, 9.17) is 9.47 Å². The molecule has 4 aliphatic carbocycles. The number of hydrogen-bond donors (Lipinski definition) is 2. The Hall–Kier alpha value is -2.25. The lowest BCUT2D eigenvalue weighted by Crippen LogP contribution is -2.63. The number of carbonyl (C=O) groups excluding carboxylic acids is 3. The van der Waals surface area contributed by atoms with Crippen LogP contribution in [-0.2, 0) is 23.9 Å². The fourth-order valence-electron chi connectivity index (χ4n) is 6.77. The fourth-order valence-corrected chi connectivity index (χ4v) is 6.77. The summed E-state index contributed by atoms with van der Waals surface area (Å²) in [6.45, 7) is 13.7. The van der Waals surface area contributed by atoms with E-state index < -0.39 is 63.8 Å². The molecule has 0 aromatic carbocycles. The van der Waals surface area contributed by atoms with Crippen LogP contribution in [0.4, 0.5) is 0 Å². The van der Waals surface area contributed by atoms with E-state index in [1.807, 2.05) is 13.8 Å². The minimum atomic E-state index is -1.84. The first kappa shape index (κ1) is 22.0. The molecule has 0 radical (unpaired) electrons. The predicted molar refractivity (Wildman–Crippen MR) is 110 cm³/mol. The van der Waals surface area contributed by atoms with Crippen LogP contribution in [0.3, 0.4) is 0 Å². The van der Waals surface area contributed by atoms with E-state index in [-0.39, 0.29) is 6.42 Å². The molecule has 0 heterocycles. The molecule has 2 N–H and O–H groups in total. The summed E-state index contributed by atoms with van der Waals surface area (Å²) in [5.74, 6) is -3.72. The van der Waals surface area contributed by atoms with Gasteiger partial charge in [-0.3, -0.25) is 14.4 Å². The van der Waals surface area contributed by atoms with Crippen LogP contribution in [0.2, 0.25) is 0 Å². The smallest absolute Gasteiger partial charge is 0.303 e.